The van der Waals surface area contributed by atoms with Gasteiger partial charge in [-0.05, 0) is 43.1 Å². The molecule has 0 aliphatic heterocycles. The zero-order valence-corrected chi connectivity index (χ0v) is 10.1. The van der Waals surface area contributed by atoms with E-state index in [9.17, 15) is 4.79 Å². The van der Waals surface area contributed by atoms with Gasteiger partial charge in [-0.2, -0.15) is 0 Å². The van der Waals surface area contributed by atoms with Crippen LogP contribution in [0, 0.1) is 17.8 Å². The average molecular weight is 229 g/mol. The van der Waals surface area contributed by atoms with Crippen LogP contribution in [0.1, 0.15) is 32.1 Å². The van der Waals surface area contributed by atoms with Crippen LogP contribution in [-0.4, -0.2) is 5.91 Å². The highest BCUT2D eigenvalue weighted by Gasteiger charge is 2.37. The molecule has 0 radical (unpaired) electrons. The molecule has 3 unspecified atom stereocenters. The molecule has 0 aromatic rings. The van der Waals surface area contributed by atoms with E-state index in [1.165, 1.54) is 30.4 Å². The van der Waals surface area contributed by atoms with E-state index in [0.29, 0.717) is 11.8 Å². The van der Waals surface area contributed by atoms with Gasteiger partial charge < -0.3 is 5.73 Å². The van der Waals surface area contributed by atoms with Crippen LogP contribution in [0.3, 0.4) is 0 Å². The highest BCUT2D eigenvalue weighted by Crippen LogP contribution is 2.46. The second-order valence-electron chi connectivity index (χ2n) is 5.41. The molecule has 0 spiro atoms. The van der Waals surface area contributed by atoms with E-state index in [-0.39, 0.29) is 11.8 Å². The van der Waals surface area contributed by atoms with Crippen molar-refractivity contribution in [3.63, 3.8) is 0 Å². The van der Waals surface area contributed by atoms with Crippen molar-refractivity contribution in [2.75, 3.05) is 0 Å². The Labute approximate surface area is 102 Å². The summed E-state index contributed by atoms with van der Waals surface area (Å²) < 4.78 is 0. The first-order chi connectivity index (χ1) is 8.27. The predicted molar refractivity (Wildman–Crippen MR) is 68.1 cm³/mol. The first-order valence-electron chi connectivity index (χ1n) is 6.65. The summed E-state index contributed by atoms with van der Waals surface area (Å²) in [5, 5.41) is 0. The maximum atomic E-state index is 11.5. The van der Waals surface area contributed by atoms with Gasteiger partial charge in [-0.25, -0.2) is 0 Å². The molecule has 2 heteroatoms. The standard InChI is InChI=1S/C15H19NO/c16-15(17)14-7-3-6-12-11-5-2-1-4-10(11)8-9-13(12)14/h1,4,8-9,11-12,14H,2-3,5-7H2,(H2,16,17). The Bertz CT molecular complexity index is 430. The average Bonchev–Trinajstić information content (AvgIpc) is 2.37. The molecular weight excluding hydrogens is 210 g/mol. The van der Waals surface area contributed by atoms with Crippen LogP contribution in [-0.2, 0) is 4.79 Å². The van der Waals surface area contributed by atoms with Gasteiger partial charge in [0.2, 0.25) is 5.91 Å². The van der Waals surface area contributed by atoms with Gasteiger partial charge in [0.05, 0.1) is 5.92 Å². The number of hydrogen-bond acceptors (Lipinski definition) is 1. The summed E-state index contributed by atoms with van der Waals surface area (Å²) in [4.78, 5) is 11.5. The molecule has 3 atom stereocenters. The molecule has 1 fully saturated rings. The fourth-order valence-corrected chi connectivity index (χ4v) is 3.70. The summed E-state index contributed by atoms with van der Waals surface area (Å²) in [6.07, 6.45) is 14.6. The predicted octanol–water partition coefficient (Wildman–Crippen LogP) is 2.72. The van der Waals surface area contributed by atoms with Crippen molar-refractivity contribution in [3.05, 3.63) is 35.5 Å². The van der Waals surface area contributed by atoms with Crippen LogP contribution in [0.2, 0.25) is 0 Å². The summed E-state index contributed by atoms with van der Waals surface area (Å²) in [6.45, 7) is 0. The molecule has 3 rings (SSSR count). The van der Waals surface area contributed by atoms with Crippen LogP contribution in [0.15, 0.2) is 35.5 Å². The summed E-state index contributed by atoms with van der Waals surface area (Å²) in [7, 11) is 0. The third-order valence-corrected chi connectivity index (χ3v) is 4.52. The molecule has 0 aromatic carbocycles. The molecule has 90 valence electrons. The van der Waals surface area contributed by atoms with E-state index in [4.69, 9.17) is 5.73 Å². The van der Waals surface area contributed by atoms with Crippen molar-refractivity contribution in [2.45, 2.75) is 32.1 Å². The third kappa shape index (κ3) is 1.76. The lowest BCUT2D eigenvalue weighted by atomic mass is 9.64. The number of nitrogens with two attached hydrogens (primary N) is 1. The Morgan fingerprint density at radius 3 is 2.88 bits per heavy atom. The zero-order chi connectivity index (χ0) is 11.8. The Balaban J connectivity index is 1.97. The highest BCUT2D eigenvalue weighted by molar-refractivity contribution is 5.80. The van der Waals surface area contributed by atoms with Gasteiger partial charge >= 0.3 is 0 Å². The number of carbonyl (C=O) groups is 1. The van der Waals surface area contributed by atoms with E-state index in [1.807, 2.05) is 0 Å². The number of primary amides is 1. The maximum Gasteiger partial charge on any atom is 0.224 e. The van der Waals surface area contributed by atoms with Gasteiger partial charge in [-0.15, -0.1) is 0 Å². The quantitative estimate of drug-likeness (QED) is 0.738. The lowest BCUT2D eigenvalue weighted by Gasteiger charge is -2.40. The molecule has 17 heavy (non-hydrogen) atoms. The molecule has 2 N–H and O–H groups in total. The number of allylic oxidation sites excluding steroid dienone is 5. The largest absolute Gasteiger partial charge is 0.369 e. The van der Waals surface area contributed by atoms with E-state index in [1.54, 1.807) is 0 Å². The zero-order valence-electron chi connectivity index (χ0n) is 10.1. The molecule has 1 amide bonds. The second-order valence-corrected chi connectivity index (χ2v) is 5.41. The van der Waals surface area contributed by atoms with E-state index < -0.39 is 0 Å². The molecular formula is C15H19NO. The molecule has 2 nitrogen and oxygen atoms in total. The number of amides is 1. The van der Waals surface area contributed by atoms with Gasteiger partial charge in [0.15, 0.2) is 0 Å². The van der Waals surface area contributed by atoms with Crippen LogP contribution in [0.25, 0.3) is 0 Å². The Morgan fingerprint density at radius 2 is 2.06 bits per heavy atom. The fraction of sp³-hybridized carbons (Fsp3) is 0.533. The lowest BCUT2D eigenvalue weighted by Crippen LogP contribution is -2.35. The topological polar surface area (TPSA) is 43.1 Å². The van der Waals surface area contributed by atoms with Crippen LogP contribution in [0.5, 0.6) is 0 Å². The maximum absolute atomic E-state index is 11.5. The van der Waals surface area contributed by atoms with Gasteiger partial charge in [0.1, 0.15) is 0 Å². The Kier molecular flexibility index (Phi) is 2.65. The van der Waals surface area contributed by atoms with Crippen LogP contribution < -0.4 is 5.73 Å². The first kappa shape index (κ1) is 10.8. The fourth-order valence-electron chi connectivity index (χ4n) is 3.70. The molecule has 0 saturated heterocycles. The summed E-state index contributed by atoms with van der Waals surface area (Å²) in [5.74, 6) is 1.08. The highest BCUT2D eigenvalue weighted by atomic mass is 16.1. The van der Waals surface area contributed by atoms with Gasteiger partial charge in [0.25, 0.3) is 0 Å². The lowest BCUT2D eigenvalue weighted by molar-refractivity contribution is -0.121. The normalized spacial score (nSPS) is 35.4. The Hall–Kier alpha value is -1.31. The van der Waals surface area contributed by atoms with E-state index in [0.717, 1.165) is 12.8 Å². The van der Waals surface area contributed by atoms with Crippen molar-refractivity contribution in [2.24, 2.45) is 23.5 Å². The van der Waals surface area contributed by atoms with Crippen LogP contribution in [0.4, 0.5) is 0 Å². The van der Waals surface area contributed by atoms with Crippen LogP contribution >= 0.6 is 0 Å². The molecule has 0 aromatic heterocycles. The molecule has 3 aliphatic rings. The van der Waals surface area contributed by atoms with Crippen molar-refractivity contribution in [1.82, 2.24) is 0 Å². The summed E-state index contributed by atoms with van der Waals surface area (Å²) in [6, 6.07) is 0. The number of hydrogen-bond donors (Lipinski definition) is 1. The smallest absolute Gasteiger partial charge is 0.224 e. The minimum Gasteiger partial charge on any atom is -0.369 e. The number of fused-ring (bicyclic) bond motifs is 3. The molecule has 0 heterocycles. The monoisotopic (exact) mass is 229 g/mol. The summed E-state index contributed by atoms with van der Waals surface area (Å²) in [5.41, 5.74) is 8.29. The Morgan fingerprint density at radius 1 is 1.18 bits per heavy atom. The van der Waals surface area contributed by atoms with Crippen molar-refractivity contribution in [3.8, 4) is 0 Å². The summed E-state index contributed by atoms with van der Waals surface area (Å²) >= 11 is 0. The van der Waals surface area contributed by atoms with Crippen molar-refractivity contribution < 1.29 is 4.79 Å². The number of rotatable bonds is 1. The first-order valence-corrected chi connectivity index (χ1v) is 6.65. The van der Waals surface area contributed by atoms with Crippen molar-refractivity contribution in [1.29, 1.82) is 0 Å². The SMILES string of the molecule is NC(=O)C1CCCC2C1=CC=C1C=CCCC12. The molecule has 3 aliphatic carbocycles. The molecule has 0 bridgehead atoms. The number of carbonyl (C=O) groups excluding carboxylic acids is 1. The molecule has 1 saturated carbocycles. The third-order valence-electron chi connectivity index (χ3n) is 4.52. The second kappa shape index (κ2) is 4.17. The van der Waals surface area contributed by atoms with Crippen molar-refractivity contribution >= 4 is 5.91 Å². The minimum atomic E-state index is -0.135. The van der Waals surface area contributed by atoms with Gasteiger partial charge in [0, 0.05) is 0 Å². The minimum absolute atomic E-state index is 0.00236. The van der Waals surface area contributed by atoms with Gasteiger partial charge in [-0.3, -0.25) is 4.79 Å². The van der Waals surface area contributed by atoms with E-state index in [2.05, 4.69) is 24.3 Å². The van der Waals surface area contributed by atoms with Gasteiger partial charge in [-0.1, -0.05) is 36.3 Å². The van der Waals surface area contributed by atoms with E-state index >= 15 is 0 Å².